The van der Waals surface area contributed by atoms with Gasteiger partial charge in [0.25, 0.3) is 5.69 Å². The van der Waals surface area contributed by atoms with E-state index in [9.17, 15) is 23.6 Å². The Kier molecular flexibility index (Phi) is 6.19. The Morgan fingerprint density at radius 3 is 2.54 bits per heavy atom. The second kappa shape index (κ2) is 8.44. The second-order valence-corrected chi connectivity index (χ2v) is 8.78. The van der Waals surface area contributed by atoms with Crippen LogP contribution in [0.2, 0.25) is 5.02 Å². The lowest BCUT2D eigenvalue weighted by Gasteiger charge is -2.20. The molecule has 8 nitrogen and oxygen atoms in total. The molecule has 1 unspecified atom stereocenters. The van der Waals surface area contributed by atoms with Crippen molar-refractivity contribution in [3.05, 3.63) is 63.2 Å². The van der Waals surface area contributed by atoms with Crippen molar-refractivity contribution < 1.29 is 18.4 Å². The summed E-state index contributed by atoms with van der Waals surface area (Å²) in [6.45, 7) is 0.753. The molecule has 150 valence electrons. The van der Waals surface area contributed by atoms with Crippen LogP contribution >= 0.6 is 11.6 Å². The maximum absolute atomic E-state index is 13.0. The van der Waals surface area contributed by atoms with Crippen molar-refractivity contribution in [2.45, 2.75) is 23.8 Å². The minimum absolute atomic E-state index is 0.00986. The molecule has 2 aromatic carbocycles. The van der Waals surface area contributed by atoms with Gasteiger partial charge in [-0.1, -0.05) is 29.8 Å². The maximum atomic E-state index is 13.0. The molecule has 0 spiro atoms. The lowest BCUT2D eigenvalue weighted by atomic mass is 10.1. The lowest BCUT2D eigenvalue weighted by Crippen LogP contribution is -2.29. The van der Waals surface area contributed by atoms with Gasteiger partial charge < -0.3 is 10.4 Å². The number of aliphatic hydroxyl groups is 1. The standard InChI is InChI=1S/C18H20ClN3O5S/c19-15-6-2-1-5-14(15)17(23)12-20-16-8-7-13(22(24)25)11-18(16)28(26,27)21-9-3-4-10-21/h1-2,5-8,11,17,20,23H,3-4,9-10,12H2. The van der Waals surface area contributed by atoms with E-state index in [0.717, 1.165) is 18.9 Å². The smallest absolute Gasteiger partial charge is 0.270 e. The molecule has 28 heavy (non-hydrogen) atoms. The summed E-state index contributed by atoms with van der Waals surface area (Å²) >= 11 is 6.08. The molecule has 0 amide bonds. The van der Waals surface area contributed by atoms with Crippen molar-refractivity contribution in [1.29, 1.82) is 0 Å². The topological polar surface area (TPSA) is 113 Å². The normalized spacial score (nSPS) is 16.1. The zero-order valence-electron chi connectivity index (χ0n) is 14.9. The first kappa shape index (κ1) is 20.5. The van der Waals surface area contributed by atoms with Gasteiger partial charge in [-0.2, -0.15) is 4.31 Å². The molecular weight excluding hydrogens is 406 g/mol. The number of sulfonamides is 1. The van der Waals surface area contributed by atoms with Crippen LogP contribution in [0.15, 0.2) is 47.4 Å². The van der Waals surface area contributed by atoms with Gasteiger partial charge in [0, 0.05) is 42.4 Å². The SMILES string of the molecule is O=[N+]([O-])c1ccc(NCC(O)c2ccccc2Cl)c(S(=O)(=O)N2CCCC2)c1. The number of hydrogen-bond donors (Lipinski definition) is 2. The van der Waals surface area contributed by atoms with E-state index in [4.69, 9.17) is 11.6 Å². The third-order valence-corrected chi connectivity index (χ3v) is 6.89. The van der Waals surface area contributed by atoms with Crippen molar-refractivity contribution in [3.8, 4) is 0 Å². The van der Waals surface area contributed by atoms with E-state index in [1.165, 1.54) is 16.4 Å². The molecule has 1 saturated heterocycles. The summed E-state index contributed by atoms with van der Waals surface area (Å²) in [6.07, 6.45) is 0.524. The number of nitro groups is 1. The number of benzene rings is 2. The Labute approximate surface area is 167 Å². The van der Waals surface area contributed by atoms with E-state index in [-0.39, 0.29) is 22.8 Å². The first-order valence-corrected chi connectivity index (χ1v) is 10.6. The summed E-state index contributed by atoms with van der Waals surface area (Å²) in [5, 5.41) is 24.8. The van der Waals surface area contributed by atoms with E-state index in [2.05, 4.69) is 5.32 Å². The van der Waals surface area contributed by atoms with Gasteiger partial charge in [0.2, 0.25) is 10.0 Å². The molecule has 2 N–H and O–H groups in total. The van der Waals surface area contributed by atoms with Crippen LogP contribution in [0.3, 0.4) is 0 Å². The van der Waals surface area contributed by atoms with Gasteiger partial charge in [0.15, 0.2) is 0 Å². The number of nitro benzene ring substituents is 1. The summed E-state index contributed by atoms with van der Waals surface area (Å²) in [5.74, 6) is 0. The minimum atomic E-state index is -3.89. The molecular formula is C18H20ClN3O5S. The highest BCUT2D eigenvalue weighted by Gasteiger charge is 2.31. The zero-order valence-corrected chi connectivity index (χ0v) is 16.5. The number of halogens is 1. The molecule has 1 heterocycles. The van der Waals surface area contributed by atoms with Gasteiger partial charge in [-0.15, -0.1) is 0 Å². The average Bonchev–Trinajstić information content (AvgIpc) is 3.22. The monoisotopic (exact) mass is 425 g/mol. The number of nitrogens with one attached hydrogen (secondary N) is 1. The molecule has 0 aliphatic carbocycles. The van der Waals surface area contributed by atoms with Gasteiger partial charge in [0.1, 0.15) is 4.90 Å². The predicted octanol–water partition coefficient (Wildman–Crippen LogP) is 3.18. The third kappa shape index (κ3) is 4.27. The molecule has 10 heteroatoms. The Hall–Kier alpha value is -2.20. The number of anilines is 1. The predicted molar refractivity (Wildman–Crippen MR) is 106 cm³/mol. The van der Waals surface area contributed by atoms with Gasteiger partial charge in [0.05, 0.1) is 16.7 Å². The summed E-state index contributed by atoms with van der Waals surface area (Å²) in [6, 6.07) is 10.4. The molecule has 1 aliphatic rings. The highest BCUT2D eigenvalue weighted by Crippen LogP contribution is 2.31. The van der Waals surface area contributed by atoms with Crippen LogP contribution in [0.4, 0.5) is 11.4 Å². The van der Waals surface area contributed by atoms with Crippen molar-refractivity contribution in [3.63, 3.8) is 0 Å². The van der Waals surface area contributed by atoms with Crippen molar-refractivity contribution in [2.75, 3.05) is 25.0 Å². The summed E-state index contributed by atoms with van der Waals surface area (Å²) < 4.78 is 27.3. The molecule has 1 fully saturated rings. The molecule has 0 radical (unpaired) electrons. The molecule has 1 atom stereocenters. The van der Waals surface area contributed by atoms with E-state index >= 15 is 0 Å². The van der Waals surface area contributed by atoms with Crippen LogP contribution in [0.1, 0.15) is 24.5 Å². The number of aliphatic hydroxyl groups excluding tert-OH is 1. The van der Waals surface area contributed by atoms with E-state index in [1.54, 1.807) is 24.3 Å². The van der Waals surface area contributed by atoms with Gasteiger partial charge in [-0.25, -0.2) is 8.42 Å². The number of nitrogens with zero attached hydrogens (tertiary/aromatic N) is 2. The first-order chi connectivity index (χ1) is 13.3. The van der Waals surface area contributed by atoms with E-state index in [0.29, 0.717) is 23.7 Å². The average molecular weight is 426 g/mol. The van der Waals surface area contributed by atoms with E-state index < -0.39 is 21.1 Å². The highest BCUT2D eigenvalue weighted by atomic mass is 35.5. The molecule has 3 rings (SSSR count). The van der Waals surface area contributed by atoms with Crippen LogP contribution < -0.4 is 5.32 Å². The Bertz CT molecular complexity index is 977. The van der Waals surface area contributed by atoms with Gasteiger partial charge in [-0.3, -0.25) is 10.1 Å². The maximum Gasteiger partial charge on any atom is 0.270 e. The highest BCUT2D eigenvalue weighted by molar-refractivity contribution is 7.89. The van der Waals surface area contributed by atoms with Crippen molar-refractivity contribution in [2.24, 2.45) is 0 Å². The largest absolute Gasteiger partial charge is 0.387 e. The molecule has 0 saturated carbocycles. The Morgan fingerprint density at radius 1 is 1.21 bits per heavy atom. The quantitative estimate of drug-likeness (QED) is 0.520. The van der Waals surface area contributed by atoms with Crippen molar-refractivity contribution >= 4 is 33.0 Å². The number of hydrogen-bond acceptors (Lipinski definition) is 6. The summed E-state index contributed by atoms with van der Waals surface area (Å²) in [5.41, 5.74) is 0.390. The second-order valence-electron chi connectivity index (χ2n) is 6.47. The molecule has 1 aliphatic heterocycles. The fourth-order valence-corrected chi connectivity index (χ4v) is 5.08. The van der Waals surface area contributed by atoms with Crippen LogP contribution in [0, 0.1) is 10.1 Å². The van der Waals surface area contributed by atoms with E-state index in [1.807, 2.05) is 0 Å². The number of non-ortho nitro benzene ring substituents is 1. The Balaban J connectivity index is 1.90. The van der Waals surface area contributed by atoms with Gasteiger partial charge >= 0.3 is 0 Å². The van der Waals surface area contributed by atoms with Crippen molar-refractivity contribution in [1.82, 2.24) is 4.31 Å². The fraction of sp³-hybridized carbons (Fsp3) is 0.333. The van der Waals surface area contributed by atoms with Crippen LogP contribution in [0.5, 0.6) is 0 Å². The fourth-order valence-electron chi connectivity index (χ4n) is 3.11. The molecule has 2 aromatic rings. The van der Waals surface area contributed by atoms with Gasteiger partial charge in [-0.05, 0) is 25.0 Å². The number of rotatable bonds is 7. The first-order valence-electron chi connectivity index (χ1n) is 8.75. The van der Waals surface area contributed by atoms with Crippen LogP contribution in [0.25, 0.3) is 0 Å². The zero-order chi connectivity index (χ0) is 20.3. The third-order valence-electron chi connectivity index (χ3n) is 4.61. The Morgan fingerprint density at radius 2 is 1.89 bits per heavy atom. The summed E-state index contributed by atoms with van der Waals surface area (Å²) in [4.78, 5) is 10.3. The summed E-state index contributed by atoms with van der Waals surface area (Å²) in [7, 11) is -3.89. The van der Waals surface area contributed by atoms with Crippen LogP contribution in [-0.2, 0) is 10.0 Å². The minimum Gasteiger partial charge on any atom is -0.387 e. The molecule has 0 aromatic heterocycles. The van der Waals surface area contributed by atoms with Crippen LogP contribution in [-0.4, -0.2) is 42.4 Å². The lowest BCUT2D eigenvalue weighted by molar-refractivity contribution is -0.385. The molecule has 0 bridgehead atoms.